The highest BCUT2D eigenvalue weighted by atomic mass is 79.9. The number of hydrogen-bond acceptors (Lipinski definition) is 11. The van der Waals surface area contributed by atoms with E-state index in [4.69, 9.17) is 46.2 Å². The molecule has 12 nitrogen and oxygen atoms in total. The van der Waals surface area contributed by atoms with Gasteiger partial charge in [0.1, 0.15) is 40.2 Å². The molecular formula is C45H51BrCl2N2O10. The quantitative estimate of drug-likeness (QED) is 0.0786. The van der Waals surface area contributed by atoms with Crippen LogP contribution >= 0.6 is 39.1 Å². The van der Waals surface area contributed by atoms with Gasteiger partial charge in [-0.05, 0) is 69.7 Å². The number of carboxylic acid groups (broad SMARTS) is 1. The average Bonchev–Trinajstić information content (AvgIpc) is 3.90. The van der Waals surface area contributed by atoms with Gasteiger partial charge in [0.05, 0.1) is 43.7 Å². The van der Waals surface area contributed by atoms with Gasteiger partial charge >= 0.3 is 11.9 Å². The molecule has 0 saturated carbocycles. The van der Waals surface area contributed by atoms with Crippen molar-refractivity contribution in [3.8, 4) is 34.4 Å². The van der Waals surface area contributed by atoms with Crippen LogP contribution in [0, 0.1) is 0 Å². The molecule has 0 saturated heterocycles. The number of rotatable bonds is 14. The van der Waals surface area contributed by atoms with Crippen LogP contribution in [0.1, 0.15) is 76.0 Å². The number of phenols is 1. The van der Waals surface area contributed by atoms with Gasteiger partial charge in [-0.25, -0.2) is 14.8 Å². The maximum atomic E-state index is 11.8. The second kappa shape index (κ2) is 25.4. The van der Waals surface area contributed by atoms with E-state index in [0.717, 1.165) is 5.56 Å². The van der Waals surface area contributed by atoms with Crippen LogP contribution in [0.25, 0.3) is 22.9 Å². The Hall–Kier alpha value is -5.18. The number of carboxylic acids is 1. The zero-order valence-corrected chi connectivity index (χ0v) is 35.4. The van der Waals surface area contributed by atoms with Gasteiger partial charge in [0, 0.05) is 15.6 Å². The maximum Gasteiger partial charge on any atom is 0.349 e. The van der Waals surface area contributed by atoms with Crippen molar-refractivity contribution >= 4 is 51.1 Å². The lowest BCUT2D eigenvalue weighted by atomic mass is 10.1. The first-order valence-electron chi connectivity index (χ1n) is 17.9. The molecule has 6 rings (SSSR count). The Morgan fingerprint density at radius 2 is 1.18 bits per heavy atom. The summed E-state index contributed by atoms with van der Waals surface area (Å²) in [7, 11) is 1.37. The minimum absolute atomic E-state index is 0. The van der Waals surface area contributed by atoms with Gasteiger partial charge in [-0.15, -0.1) is 0 Å². The number of methoxy groups -OCH3 is 1. The maximum absolute atomic E-state index is 11.8. The van der Waals surface area contributed by atoms with Gasteiger partial charge in [0.15, 0.2) is 0 Å². The highest BCUT2D eigenvalue weighted by Crippen LogP contribution is 2.36. The van der Waals surface area contributed by atoms with Crippen molar-refractivity contribution in [1.29, 1.82) is 0 Å². The first-order valence-corrected chi connectivity index (χ1v) is 19.5. The topological polar surface area (TPSA) is 164 Å². The van der Waals surface area contributed by atoms with Crippen molar-refractivity contribution < 1.29 is 47.6 Å². The molecule has 60 heavy (non-hydrogen) atoms. The minimum atomic E-state index is -1.18. The molecule has 2 unspecified atom stereocenters. The first kappa shape index (κ1) is 51.0. The Kier molecular flexibility index (Phi) is 21.6. The molecule has 0 bridgehead atoms. The van der Waals surface area contributed by atoms with Gasteiger partial charge < -0.3 is 38.0 Å². The van der Waals surface area contributed by atoms with Gasteiger partial charge in [-0.3, -0.25) is 4.79 Å². The molecule has 6 aromatic rings. The first-order chi connectivity index (χ1) is 27.7. The molecular weight excluding hydrogens is 879 g/mol. The number of aromatic hydroxyl groups is 1. The third-order valence-corrected chi connectivity index (χ3v) is 9.04. The summed E-state index contributed by atoms with van der Waals surface area (Å²) in [6.07, 6.45) is 2.02. The van der Waals surface area contributed by atoms with Gasteiger partial charge in [-0.2, -0.15) is 0 Å². The lowest BCUT2D eigenvalue weighted by molar-refractivity contribution is -0.145. The van der Waals surface area contributed by atoms with E-state index >= 15 is 0 Å². The summed E-state index contributed by atoms with van der Waals surface area (Å²) >= 11 is 15.2. The normalized spacial score (nSPS) is 11.4. The Balaban J connectivity index is 0.000000333. The fourth-order valence-electron chi connectivity index (χ4n) is 4.83. The van der Waals surface area contributed by atoms with Crippen LogP contribution in [-0.4, -0.2) is 51.4 Å². The van der Waals surface area contributed by atoms with Crippen LogP contribution in [0.5, 0.6) is 11.5 Å². The van der Waals surface area contributed by atoms with Crippen LogP contribution in [0.4, 0.5) is 0 Å². The van der Waals surface area contributed by atoms with Crippen molar-refractivity contribution in [3.63, 3.8) is 0 Å². The molecule has 15 heteroatoms. The Morgan fingerprint density at radius 1 is 0.717 bits per heavy atom. The third-order valence-electron chi connectivity index (χ3n) is 7.67. The fourth-order valence-corrected chi connectivity index (χ4v) is 5.66. The Bertz CT molecular complexity index is 2200. The number of aromatic nitrogens is 2. The summed E-state index contributed by atoms with van der Waals surface area (Å²) in [5, 5.41) is 20.3. The Labute approximate surface area is 369 Å². The number of esters is 1. The number of hydrogen-bond donors (Lipinski definition) is 2. The summed E-state index contributed by atoms with van der Waals surface area (Å²) in [4.78, 5) is 31.1. The predicted octanol–water partition coefficient (Wildman–Crippen LogP) is 12.3. The van der Waals surface area contributed by atoms with E-state index in [-0.39, 0.29) is 49.5 Å². The van der Waals surface area contributed by atoms with E-state index in [1.165, 1.54) is 25.7 Å². The van der Waals surface area contributed by atoms with E-state index < -0.39 is 12.1 Å². The highest BCUT2D eigenvalue weighted by Gasteiger charge is 2.25. The monoisotopic (exact) mass is 928 g/mol. The molecule has 2 aromatic heterocycles. The number of nitrogens with zero attached hydrogens (tertiary/aromatic N) is 2. The second-order valence-corrected chi connectivity index (χ2v) is 14.6. The largest absolute Gasteiger partial charge is 0.507 e. The lowest BCUT2D eigenvalue weighted by Crippen LogP contribution is -2.18. The smallest absolute Gasteiger partial charge is 0.349 e. The summed E-state index contributed by atoms with van der Waals surface area (Å²) < 4.78 is 32.2. The van der Waals surface area contributed by atoms with Crippen molar-refractivity contribution in [2.24, 2.45) is 0 Å². The molecule has 4 aromatic carbocycles. The van der Waals surface area contributed by atoms with Crippen LogP contribution in [0.3, 0.4) is 0 Å². The number of carbonyl (C=O) groups excluding carboxylic acids is 1. The van der Waals surface area contributed by atoms with Gasteiger partial charge in [-0.1, -0.05) is 115 Å². The van der Waals surface area contributed by atoms with E-state index in [0.29, 0.717) is 63.0 Å². The standard InChI is InChI=1S/C21H20ClNO5.C13H14ClNO3.C9H9BrO2.2CH4/c1-13(2)26-11-16-12-27-20(23-16)17-10-15(22)8-9-18(17)28-19(21(24)25)14-6-4-3-5-7-14;1-8(2)17-6-10-7-18-13(15-10)11-5-9(14)3-4-12(11)16;1-12-9(11)8(10)7-5-3-2-4-6-7;;/h3-10,12-13,19H,11H2,1-2H3,(H,24,25);3-5,7-8,16H,6H2,1-2H3;2-6,8H,1H3;2*1H4. The third kappa shape index (κ3) is 15.8. The van der Waals surface area contributed by atoms with Crippen LogP contribution in [0.2, 0.25) is 10.0 Å². The number of carbonyl (C=O) groups is 2. The van der Waals surface area contributed by atoms with E-state index in [9.17, 15) is 19.8 Å². The van der Waals surface area contributed by atoms with Crippen molar-refractivity contribution in [2.45, 2.75) is 78.9 Å². The molecule has 2 atom stereocenters. The zero-order chi connectivity index (χ0) is 42.2. The molecule has 2 heterocycles. The number of oxazole rings is 2. The average molecular weight is 931 g/mol. The number of halogens is 3. The minimum Gasteiger partial charge on any atom is -0.507 e. The summed E-state index contributed by atoms with van der Waals surface area (Å²) in [6, 6.07) is 27.7. The molecule has 0 radical (unpaired) electrons. The number of benzene rings is 4. The van der Waals surface area contributed by atoms with Crippen molar-refractivity contribution in [2.75, 3.05) is 7.11 Å². The van der Waals surface area contributed by atoms with Crippen molar-refractivity contribution in [3.05, 3.63) is 142 Å². The summed E-state index contributed by atoms with van der Waals surface area (Å²) in [5.41, 5.74) is 3.66. The number of alkyl halides is 1. The predicted molar refractivity (Wildman–Crippen MR) is 236 cm³/mol. The van der Waals surface area contributed by atoms with Gasteiger partial charge in [0.25, 0.3) is 0 Å². The molecule has 0 aliphatic carbocycles. The number of ether oxygens (including phenoxy) is 4. The molecule has 0 fully saturated rings. The van der Waals surface area contributed by atoms with Crippen molar-refractivity contribution in [1.82, 2.24) is 9.97 Å². The second-order valence-electron chi connectivity index (χ2n) is 12.9. The van der Waals surface area contributed by atoms with E-state index in [2.05, 4.69) is 30.6 Å². The fraction of sp³-hybridized carbons (Fsp3) is 0.289. The lowest BCUT2D eigenvalue weighted by Gasteiger charge is -2.17. The van der Waals surface area contributed by atoms with Crippen LogP contribution in [-0.2, 0) is 37.0 Å². The SMILES string of the molecule is C.C.CC(C)OCc1coc(-c2cc(Cl)ccc2O)n1.CC(C)OCc1coc(-c2cc(Cl)ccc2OC(C(=O)O)c2ccccc2)n1.COC(=O)C(Br)c1ccccc1. The molecule has 0 aliphatic rings. The zero-order valence-electron chi connectivity index (χ0n) is 32.3. The summed E-state index contributed by atoms with van der Waals surface area (Å²) in [6.45, 7) is 8.44. The van der Waals surface area contributed by atoms with Gasteiger partial charge in [0.2, 0.25) is 17.9 Å². The number of aliphatic carboxylic acids is 1. The number of phenolic OH excluding ortho intramolecular Hbond substituents is 1. The van der Waals surface area contributed by atoms with E-state index in [1.807, 2.05) is 64.1 Å². The highest BCUT2D eigenvalue weighted by molar-refractivity contribution is 9.09. The Morgan fingerprint density at radius 3 is 1.67 bits per heavy atom. The molecule has 2 N–H and O–H groups in total. The summed E-state index contributed by atoms with van der Waals surface area (Å²) in [5.74, 6) is -0.391. The van der Waals surface area contributed by atoms with E-state index in [1.54, 1.807) is 54.6 Å². The molecule has 0 amide bonds. The molecule has 0 aliphatic heterocycles. The molecule has 322 valence electrons. The molecule has 0 spiro atoms. The van der Waals surface area contributed by atoms with Crippen LogP contribution in [0.15, 0.2) is 118 Å². The van der Waals surface area contributed by atoms with Crippen LogP contribution < -0.4 is 4.74 Å².